The highest BCUT2D eigenvalue weighted by molar-refractivity contribution is 9.10. The molecular weight excluding hydrogens is 294 g/mol. The van der Waals surface area contributed by atoms with Crippen LogP contribution in [0.5, 0.6) is 0 Å². The molecule has 1 saturated carbocycles. The summed E-state index contributed by atoms with van der Waals surface area (Å²) in [6, 6.07) is 4.37. The maximum Gasteiger partial charge on any atom is 0.220 e. The number of carbonyl (C=O) groups excluding carboxylic acids is 1. The molecule has 0 spiro atoms. The van der Waals surface area contributed by atoms with E-state index in [1.54, 1.807) is 0 Å². The fourth-order valence-electron chi connectivity index (χ4n) is 1.64. The van der Waals surface area contributed by atoms with E-state index in [1.807, 2.05) is 19.1 Å². The van der Waals surface area contributed by atoms with Crippen LogP contribution >= 0.6 is 15.9 Å². The van der Waals surface area contributed by atoms with Gasteiger partial charge in [0.2, 0.25) is 5.91 Å². The summed E-state index contributed by atoms with van der Waals surface area (Å²) >= 11 is 3.42. The van der Waals surface area contributed by atoms with E-state index >= 15 is 0 Å². The first-order valence-corrected chi connectivity index (χ1v) is 7.11. The Labute approximate surface area is 116 Å². The van der Waals surface area contributed by atoms with Gasteiger partial charge in [0.15, 0.2) is 0 Å². The van der Waals surface area contributed by atoms with Crippen LogP contribution in [0.4, 0.5) is 5.82 Å². The normalized spacial score (nSPS) is 14.3. The maximum atomic E-state index is 11.4. The predicted molar refractivity (Wildman–Crippen MR) is 75.6 cm³/mol. The van der Waals surface area contributed by atoms with E-state index in [-0.39, 0.29) is 5.91 Å². The molecule has 1 heterocycles. The smallest absolute Gasteiger partial charge is 0.220 e. The first kappa shape index (κ1) is 13.3. The van der Waals surface area contributed by atoms with E-state index in [1.165, 1.54) is 0 Å². The minimum absolute atomic E-state index is 0.166. The lowest BCUT2D eigenvalue weighted by molar-refractivity contribution is -0.121. The topological polar surface area (TPSA) is 54.0 Å². The van der Waals surface area contributed by atoms with Crippen molar-refractivity contribution in [1.82, 2.24) is 10.3 Å². The van der Waals surface area contributed by atoms with Crippen LogP contribution in [0.15, 0.2) is 16.6 Å². The summed E-state index contributed by atoms with van der Waals surface area (Å²) in [6.45, 7) is 2.73. The summed E-state index contributed by atoms with van der Waals surface area (Å²) in [5, 5.41) is 6.21. The second-order valence-electron chi connectivity index (χ2n) is 4.64. The fraction of sp³-hybridized carbons (Fsp3) is 0.538. The van der Waals surface area contributed by atoms with Crippen molar-refractivity contribution in [2.45, 2.75) is 38.6 Å². The van der Waals surface area contributed by atoms with Gasteiger partial charge in [-0.1, -0.05) is 0 Å². The highest BCUT2D eigenvalue weighted by Crippen LogP contribution is 2.19. The number of anilines is 1. The molecule has 0 saturated heterocycles. The number of aryl methyl sites for hydroxylation is 1. The summed E-state index contributed by atoms with van der Waals surface area (Å²) in [6.07, 6.45) is 3.70. The Bertz CT molecular complexity index is 432. The van der Waals surface area contributed by atoms with Crippen molar-refractivity contribution in [1.29, 1.82) is 0 Å². The Morgan fingerprint density at radius 1 is 1.50 bits per heavy atom. The molecule has 0 atom stereocenters. The molecule has 5 heteroatoms. The van der Waals surface area contributed by atoms with Gasteiger partial charge in [-0.25, -0.2) is 4.98 Å². The number of hydrogen-bond acceptors (Lipinski definition) is 3. The second-order valence-corrected chi connectivity index (χ2v) is 5.49. The van der Waals surface area contributed by atoms with Crippen molar-refractivity contribution in [3.63, 3.8) is 0 Å². The van der Waals surface area contributed by atoms with Gasteiger partial charge >= 0.3 is 0 Å². The van der Waals surface area contributed by atoms with Gasteiger partial charge in [-0.05, 0) is 54.2 Å². The lowest BCUT2D eigenvalue weighted by Gasteiger charge is -2.07. The first-order valence-electron chi connectivity index (χ1n) is 6.31. The number of amides is 1. The van der Waals surface area contributed by atoms with Crippen LogP contribution in [0.2, 0.25) is 0 Å². The first-order chi connectivity index (χ1) is 8.65. The summed E-state index contributed by atoms with van der Waals surface area (Å²) in [7, 11) is 0. The van der Waals surface area contributed by atoms with Crippen molar-refractivity contribution in [3.05, 3.63) is 22.3 Å². The number of pyridine rings is 1. The van der Waals surface area contributed by atoms with Crippen molar-refractivity contribution >= 4 is 27.7 Å². The zero-order valence-corrected chi connectivity index (χ0v) is 12.1. The van der Waals surface area contributed by atoms with Gasteiger partial charge in [-0.3, -0.25) is 4.79 Å². The largest absolute Gasteiger partial charge is 0.370 e. The van der Waals surface area contributed by atoms with Crippen LogP contribution in [-0.4, -0.2) is 23.5 Å². The molecule has 4 nitrogen and oxygen atoms in total. The van der Waals surface area contributed by atoms with Gasteiger partial charge < -0.3 is 10.6 Å². The molecule has 1 aliphatic carbocycles. The fourth-order valence-corrected chi connectivity index (χ4v) is 1.86. The number of aromatic nitrogens is 1. The van der Waals surface area contributed by atoms with Crippen molar-refractivity contribution in [2.75, 3.05) is 11.9 Å². The molecule has 1 aromatic rings. The van der Waals surface area contributed by atoms with E-state index in [0.29, 0.717) is 12.5 Å². The quantitative estimate of drug-likeness (QED) is 0.794. The van der Waals surface area contributed by atoms with Crippen LogP contribution in [0.25, 0.3) is 0 Å². The Hall–Kier alpha value is -1.10. The summed E-state index contributed by atoms with van der Waals surface area (Å²) < 4.78 is 1.01. The molecule has 0 aromatic carbocycles. The van der Waals surface area contributed by atoms with E-state index in [9.17, 15) is 4.79 Å². The third-order valence-electron chi connectivity index (χ3n) is 2.85. The summed E-state index contributed by atoms with van der Waals surface area (Å²) in [5.41, 5.74) is 0.964. The van der Waals surface area contributed by atoms with Crippen LogP contribution in [0, 0.1) is 6.92 Å². The molecule has 0 aliphatic heterocycles. The Balaban J connectivity index is 1.64. The third-order valence-corrected chi connectivity index (χ3v) is 3.69. The van der Waals surface area contributed by atoms with Gasteiger partial charge in [0.25, 0.3) is 0 Å². The van der Waals surface area contributed by atoms with Crippen LogP contribution in [0.1, 0.15) is 31.4 Å². The minimum atomic E-state index is 0.166. The van der Waals surface area contributed by atoms with Gasteiger partial charge in [-0.2, -0.15) is 0 Å². The van der Waals surface area contributed by atoms with Crippen LogP contribution < -0.4 is 10.6 Å². The van der Waals surface area contributed by atoms with Crippen molar-refractivity contribution in [3.8, 4) is 0 Å². The van der Waals surface area contributed by atoms with Crippen molar-refractivity contribution < 1.29 is 4.79 Å². The van der Waals surface area contributed by atoms with E-state index < -0.39 is 0 Å². The SMILES string of the molecule is Cc1nc(NCCCC(=O)NC2CC2)ccc1Br. The highest BCUT2D eigenvalue weighted by atomic mass is 79.9. The number of rotatable bonds is 6. The van der Waals surface area contributed by atoms with Crippen LogP contribution in [-0.2, 0) is 4.79 Å². The molecule has 1 fully saturated rings. The van der Waals surface area contributed by atoms with E-state index in [4.69, 9.17) is 0 Å². The second kappa shape index (κ2) is 6.18. The molecule has 1 aliphatic rings. The number of nitrogens with zero attached hydrogens (tertiary/aromatic N) is 1. The lowest BCUT2D eigenvalue weighted by atomic mass is 10.3. The zero-order valence-electron chi connectivity index (χ0n) is 10.5. The zero-order chi connectivity index (χ0) is 13.0. The highest BCUT2D eigenvalue weighted by Gasteiger charge is 2.22. The molecule has 1 amide bonds. The third kappa shape index (κ3) is 4.29. The molecule has 0 bridgehead atoms. The number of carbonyl (C=O) groups is 1. The van der Waals surface area contributed by atoms with Gasteiger partial charge in [0.1, 0.15) is 5.82 Å². The average Bonchev–Trinajstić information content (AvgIpc) is 3.13. The maximum absolute atomic E-state index is 11.4. The van der Waals surface area contributed by atoms with Gasteiger partial charge in [0, 0.05) is 23.5 Å². The molecular formula is C13H18BrN3O. The molecule has 2 N–H and O–H groups in total. The van der Waals surface area contributed by atoms with E-state index in [0.717, 1.165) is 41.8 Å². The van der Waals surface area contributed by atoms with Gasteiger partial charge in [-0.15, -0.1) is 0 Å². The molecule has 0 radical (unpaired) electrons. The number of hydrogen-bond donors (Lipinski definition) is 2. The monoisotopic (exact) mass is 311 g/mol. The predicted octanol–water partition coefficient (Wildman–Crippen LogP) is 2.62. The Morgan fingerprint density at radius 3 is 2.94 bits per heavy atom. The van der Waals surface area contributed by atoms with E-state index in [2.05, 4.69) is 31.5 Å². The van der Waals surface area contributed by atoms with Crippen molar-refractivity contribution in [2.24, 2.45) is 0 Å². The van der Waals surface area contributed by atoms with Gasteiger partial charge in [0.05, 0.1) is 5.69 Å². The molecule has 0 unspecified atom stereocenters. The summed E-state index contributed by atoms with van der Waals surface area (Å²) in [5.74, 6) is 1.03. The lowest BCUT2D eigenvalue weighted by Crippen LogP contribution is -2.25. The number of halogens is 1. The average molecular weight is 312 g/mol. The summed E-state index contributed by atoms with van der Waals surface area (Å²) in [4.78, 5) is 15.8. The minimum Gasteiger partial charge on any atom is -0.370 e. The molecule has 98 valence electrons. The number of nitrogens with one attached hydrogen (secondary N) is 2. The Kier molecular flexibility index (Phi) is 4.58. The molecule has 1 aromatic heterocycles. The molecule has 2 rings (SSSR count). The molecule has 18 heavy (non-hydrogen) atoms. The van der Waals surface area contributed by atoms with Crippen LogP contribution in [0.3, 0.4) is 0 Å². The standard InChI is InChI=1S/C13H18BrN3O/c1-9-11(14)6-7-12(16-9)15-8-2-3-13(18)17-10-4-5-10/h6-7,10H,2-5,8H2,1H3,(H,15,16)(H,17,18). The Morgan fingerprint density at radius 2 is 2.28 bits per heavy atom.